The van der Waals surface area contributed by atoms with Crippen LogP contribution in [0.15, 0.2) is 24.3 Å². The molecule has 1 fully saturated rings. The van der Waals surface area contributed by atoms with Gasteiger partial charge < -0.3 is 10.6 Å². The van der Waals surface area contributed by atoms with Gasteiger partial charge in [0.05, 0.1) is 0 Å². The summed E-state index contributed by atoms with van der Waals surface area (Å²) in [6, 6.07) is 6.98. The van der Waals surface area contributed by atoms with E-state index in [2.05, 4.69) is 19.0 Å². The van der Waals surface area contributed by atoms with Gasteiger partial charge >= 0.3 is 0 Å². The van der Waals surface area contributed by atoms with Crippen LogP contribution in [0.5, 0.6) is 0 Å². The van der Waals surface area contributed by atoms with Crippen LogP contribution in [0, 0.1) is 5.82 Å². The molecule has 0 spiro atoms. The molecule has 2 nitrogen and oxygen atoms in total. The molecular weight excluding hydrogens is 215 g/mol. The first-order valence-electron chi connectivity index (χ1n) is 6.20. The van der Waals surface area contributed by atoms with Gasteiger partial charge in [-0.25, -0.2) is 4.39 Å². The zero-order chi connectivity index (χ0) is 12.5. The van der Waals surface area contributed by atoms with Crippen molar-refractivity contribution >= 4 is 0 Å². The minimum Gasteiger partial charge on any atom is -0.329 e. The quantitative estimate of drug-likeness (QED) is 0.873. The van der Waals surface area contributed by atoms with E-state index in [0.29, 0.717) is 12.5 Å². The molecule has 1 aromatic rings. The molecule has 0 saturated heterocycles. The third-order valence-electron chi connectivity index (χ3n) is 4.23. The second kappa shape index (κ2) is 4.75. The van der Waals surface area contributed by atoms with Gasteiger partial charge in [-0.3, -0.25) is 0 Å². The highest BCUT2D eigenvalue weighted by molar-refractivity contribution is 5.23. The van der Waals surface area contributed by atoms with E-state index in [-0.39, 0.29) is 11.4 Å². The van der Waals surface area contributed by atoms with Crippen molar-refractivity contribution < 1.29 is 4.39 Å². The third-order valence-corrected chi connectivity index (χ3v) is 4.23. The van der Waals surface area contributed by atoms with Gasteiger partial charge in [0.15, 0.2) is 0 Å². The SMILES string of the molecule is CN(C)C1(CN)CCC(c2cccc(F)c2)C1. The summed E-state index contributed by atoms with van der Waals surface area (Å²) in [6.07, 6.45) is 3.22. The molecule has 2 rings (SSSR count). The summed E-state index contributed by atoms with van der Waals surface area (Å²) in [5.74, 6) is 0.300. The lowest BCUT2D eigenvalue weighted by Crippen LogP contribution is -2.48. The average Bonchev–Trinajstić information content (AvgIpc) is 2.74. The standard InChI is InChI=1S/C14H21FN2/c1-17(2)14(10-16)7-6-12(9-14)11-4-3-5-13(15)8-11/h3-5,8,12H,6-7,9-10,16H2,1-2H3. The van der Waals surface area contributed by atoms with E-state index >= 15 is 0 Å². The Labute approximate surface area is 103 Å². The fraction of sp³-hybridized carbons (Fsp3) is 0.571. The van der Waals surface area contributed by atoms with Crippen LogP contribution in [-0.4, -0.2) is 31.1 Å². The third kappa shape index (κ3) is 2.35. The summed E-state index contributed by atoms with van der Waals surface area (Å²) >= 11 is 0. The number of hydrogen-bond acceptors (Lipinski definition) is 2. The molecule has 0 aliphatic heterocycles. The van der Waals surface area contributed by atoms with Crippen LogP contribution in [0.2, 0.25) is 0 Å². The molecule has 2 unspecified atom stereocenters. The molecular formula is C14H21FN2. The van der Waals surface area contributed by atoms with Crippen LogP contribution in [0.4, 0.5) is 4.39 Å². The fourth-order valence-electron chi connectivity index (χ4n) is 2.92. The summed E-state index contributed by atoms with van der Waals surface area (Å²) < 4.78 is 13.2. The van der Waals surface area contributed by atoms with E-state index in [1.165, 1.54) is 6.07 Å². The molecule has 2 N–H and O–H groups in total. The van der Waals surface area contributed by atoms with Crippen LogP contribution >= 0.6 is 0 Å². The van der Waals surface area contributed by atoms with E-state index in [4.69, 9.17) is 5.73 Å². The molecule has 2 atom stereocenters. The Bertz CT molecular complexity index is 392. The van der Waals surface area contributed by atoms with Crippen LogP contribution < -0.4 is 5.73 Å². The number of nitrogens with zero attached hydrogens (tertiary/aromatic N) is 1. The maximum Gasteiger partial charge on any atom is 0.123 e. The Morgan fingerprint density at radius 1 is 1.47 bits per heavy atom. The van der Waals surface area contributed by atoms with Gasteiger partial charge in [-0.05, 0) is 57.0 Å². The molecule has 3 heteroatoms. The number of nitrogens with two attached hydrogens (primary N) is 1. The van der Waals surface area contributed by atoms with Crippen molar-refractivity contribution in [1.82, 2.24) is 4.90 Å². The lowest BCUT2D eigenvalue weighted by atomic mass is 9.91. The van der Waals surface area contributed by atoms with Crippen LogP contribution in [0.1, 0.15) is 30.7 Å². The Kier molecular flexibility index (Phi) is 3.50. The summed E-state index contributed by atoms with van der Waals surface area (Å²) in [6.45, 7) is 0.672. The molecule has 0 heterocycles. The molecule has 0 aromatic heterocycles. The maximum atomic E-state index is 13.2. The molecule has 1 aliphatic rings. The van der Waals surface area contributed by atoms with E-state index in [9.17, 15) is 4.39 Å². The zero-order valence-electron chi connectivity index (χ0n) is 10.6. The lowest BCUT2D eigenvalue weighted by Gasteiger charge is -2.35. The summed E-state index contributed by atoms with van der Waals surface area (Å²) in [4.78, 5) is 2.23. The van der Waals surface area contributed by atoms with Crippen LogP contribution in [0.3, 0.4) is 0 Å². The predicted molar refractivity (Wildman–Crippen MR) is 68.5 cm³/mol. The van der Waals surface area contributed by atoms with Crippen molar-refractivity contribution in [3.8, 4) is 0 Å². The molecule has 94 valence electrons. The molecule has 0 radical (unpaired) electrons. The minimum absolute atomic E-state index is 0.0942. The van der Waals surface area contributed by atoms with E-state index in [1.54, 1.807) is 12.1 Å². The van der Waals surface area contributed by atoms with E-state index in [0.717, 1.165) is 24.8 Å². The van der Waals surface area contributed by atoms with Gasteiger partial charge in [-0.1, -0.05) is 12.1 Å². The highest BCUT2D eigenvalue weighted by Crippen LogP contribution is 2.42. The number of likely N-dealkylation sites (N-methyl/N-ethyl adjacent to an activating group) is 1. The lowest BCUT2D eigenvalue weighted by molar-refractivity contribution is 0.165. The first-order chi connectivity index (χ1) is 8.07. The van der Waals surface area contributed by atoms with Crippen molar-refractivity contribution in [2.45, 2.75) is 30.7 Å². The largest absolute Gasteiger partial charge is 0.329 e. The van der Waals surface area contributed by atoms with Crippen molar-refractivity contribution in [3.63, 3.8) is 0 Å². The molecule has 17 heavy (non-hydrogen) atoms. The predicted octanol–water partition coefficient (Wildman–Crippen LogP) is 2.35. The van der Waals surface area contributed by atoms with Gasteiger partial charge in [-0.15, -0.1) is 0 Å². The van der Waals surface area contributed by atoms with Crippen molar-refractivity contribution in [2.75, 3.05) is 20.6 Å². The minimum atomic E-state index is -0.141. The van der Waals surface area contributed by atoms with Crippen LogP contribution in [-0.2, 0) is 0 Å². The smallest absolute Gasteiger partial charge is 0.123 e. The van der Waals surface area contributed by atoms with E-state index in [1.807, 2.05) is 6.07 Å². The molecule has 1 saturated carbocycles. The molecule has 1 aliphatic carbocycles. The molecule has 0 amide bonds. The van der Waals surface area contributed by atoms with Gasteiger partial charge in [0.25, 0.3) is 0 Å². The topological polar surface area (TPSA) is 29.3 Å². The maximum absolute atomic E-state index is 13.2. The summed E-state index contributed by atoms with van der Waals surface area (Å²) in [7, 11) is 4.17. The first-order valence-corrected chi connectivity index (χ1v) is 6.20. The highest BCUT2D eigenvalue weighted by atomic mass is 19.1. The zero-order valence-corrected chi connectivity index (χ0v) is 10.6. The van der Waals surface area contributed by atoms with Gasteiger partial charge in [0, 0.05) is 12.1 Å². The molecule has 0 bridgehead atoms. The number of rotatable bonds is 3. The monoisotopic (exact) mass is 236 g/mol. The van der Waals surface area contributed by atoms with Crippen LogP contribution in [0.25, 0.3) is 0 Å². The van der Waals surface area contributed by atoms with Gasteiger partial charge in [0.1, 0.15) is 5.82 Å². The number of benzene rings is 1. The van der Waals surface area contributed by atoms with E-state index < -0.39 is 0 Å². The Morgan fingerprint density at radius 2 is 2.24 bits per heavy atom. The molecule has 1 aromatic carbocycles. The Balaban J connectivity index is 2.17. The van der Waals surface area contributed by atoms with Crippen molar-refractivity contribution in [2.24, 2.45) is 5.73 Å². The average molecular weight is 236 g/mol. The summed E-state index contributed by atoms with van der Waals surface area (Å²) in [5.41, 5.74) is 7.13. The fourth-order valence-corrected chi connectivity index (χ4v) is 2.92. The summed E-state index contributed by atoms with van der Waals surface area (Å²) in [5, 5.41) is 0. The second-order valence-corrected chi connectivity index (χ2v) is 5.32. The Morgan fingerprint density at radius 3 is 2.76 bits per heavy atom. The van der Waals surface area contributed by atoms with Crippen molar-refractivity contribution in [1.29, 1.82) is 0 Å². The van der Waals surface area contributed by atoms with Gasteiger partial charge in [-0.2, -0.15) is 0 Å². The highest BCUT2D eigenvalue weighted by Gasteiger charge is 2.40. The normalized spacial score (nSPS) is 28.9. The number of halogens is 1. The van der Waals surface area contributed by atoms with Gasteiger partial charge in [0.2, 0.25) is 0 Å². The second-order valence-electron chi connectivity index (χ2n) is 5.32. The first kappa shape index (κ1) is 12.5. The van der Waals surface area contributed by atoms with Crippen molar-refractivity contribution in [3.05, 3.63) is 35.6 Å². The Hall–Kier alpha value is -0.930. The number of hydrogen-bond donors (Lipinski definition) is 1.